The fourth-order valence-corrected chi connectivity index (χ4v) is 1.40. The molecule has 0 aliphatic carbocycles. The summed E-state index contributed by atoms with van der Waals surface area (Å²) in [5.74, 6) is -0.307. The van der Waals surface area contributed by atoms with Gasteiger partial charge in [-0.2, -0.15) is 0 Å². The molecule has 0 saturated carbocycles. The van der Waals surface area contributed by atoms with Gasteiger partial charge in [0.15, 0.2) is 0 Å². The van der Waals surface area contributed by atoms with Crippen molar-refractivity contribution in [2.75, 3.05) is 5.32 Å². The molecule has 1 aromatic rings. The van der Waals surface area contributed by atoms with Crippen molar-refractivity contribution in [2.45, 2.75) is 26.8 Å². The molecular formula is C12H17ClN2O. The molecule has 0 radical (unpaired) electrons. The van der Waals surface area contributed by atoms with Gasteiger partial charge >= 0.3 is 0 Å². The quantitative estimate of drug-likeness (QED) is 0.853. The molecule has 0 saturated heterocycles. The lowest BCUT2D eigenvalue weighted by atomic mass is 10.0. The Labute approximate surface area is 101 Å². The highest BCUT2D eigenvalue weighted by Gasteiger charge is 2.17. The summed E-state index contributed by atoms with van der Waals surface area (Å²) in [4.78, 5) is 11.8. The van der Waals surface area contributed by atoms with E-state index in [1.165, 1.54) is 0 Å². The van der Waals surface area contributed by atoms with E-state index in [9.17, 15) is 4.79 Å². The summed E-state index contributed by atoms with van der Waals surface area (Å²) in [7, 11) is 0. The van der Waals surface area contributed by atoms with Crippen LogP contribution in [0.15, 0.2) is 18.2 Å². The lowest BCUT2D eigenvalue weighted by molar-refractivity contribution is -0.119. The Hall–Kier alpha value is -1.06. The van der Waals surface area contributed by atoms with E-state index in [-0.39, 0.29) is 17.9 Å². The number of hydrogen-bond donors (Lipinski definition) is 2. The van der Waals surface area contributed by atoms with E-state index in [4.69, 9.17) is 17.3 Å². The highest BCUT2D eigenvalue weighted by Crippen LogP contribution is 2.23. The number of nitrogens with two attached hydrogens (primary N) is 1. The maximum atomic E-state index is 11.8. The topological polar surface area (TPSA) is 55.1 Å². The van der Waals surface area contributed by atoms with Crippen LogP contribution in [0.1, 0.15) is 19.4 Å². The van der Waals surface area contributed by atoms with Gasteiger partial charge in [0.2, 0.25) is 5.91 Å². The normalized spacial score (nSPS) is 14.3. The minimum absolute atomic E-state index is 0.0830. The van der Waals surface area contributed by atoms with E-state index in [2.05, 4.69) is 5.32 Å². The monoisotopic (exact) mass is 240 g/mol. The van der Waals surface area contributed by atoms with Gasteiger partial charge in [-0.3, -0.25) is 4.79 Å². The Morgan fingerprint density at radius 1 is 1.44 bits per heavy atom. The third-order valence-corrected chi connectivity index (χ3v) is 3.14. The molecule has 1 aromatic carbocycles. The molecule has 0 heterocycles. The second kappa shape index (κ2) is 5.32. The summed E-state index contributed by atoms with van der Waals surface area (Å²) in [6.07, 6.45) is 0. The first kappa shape index (κ1) is 13.0. The van der Waals surface area contributed by atoms with Crippen molar-refractivity contribution < 1.29 is 4.79 Å². The average molecular weight is 241 g/mol. The molecule has 3 nitrogen and oxygen atoms in total. The van der Waals surface area contributed by atoms with Crippen molar-refractivity contribution in [2.24, 2.45) is 11.7 Å². The van der Waals surface area contributed by atoms with Gasteiger partial charge in [0.05, 0.1) is 5.92 Å². The van der Waals surface area contributed by atoms with E-state index in [1.807, 2.05) is 26.0 Å². The molecular weight excluding hydrogens is 224 g/mol. The molecule has 1 amide bonds. The third kappa shape index (κ3) is 2.97. The zero-order valence-electron chi connectivity index (χ0n) is 9.75. The van der Waals surface area contributed by atoms with Crippen LogP contribution in [0.4, 0.5) is 5.69 Å². The first-order chi connectivity index (χ1) is 7.43. The van der Waals surface area contributed by atoms with Crippen LogP contribution < -0.4 is 11.1 Å². The van der Waals surface area contributed by atoms with Crippen LogP contribution in [0, 0.1) is 12.8 Å². The van der Waals surface area contributed by atoms with Crippen LogP contribution in [0.3, 0.4) is 0 Å². The number of nitrogens with one attached hydrogen (secondary N) is 1. The zero-order chi connectivity index (χ0) is 12.3. The van der Waals surface area contributed by atoms with Gasteiger partial charge in [0, 0.05) is 16.8 Å². The minimum Gasteiger partial charge on any atom is -0.327 e. The standard InChI is InChI=1S/C12H17ClN2O/c1-7(9(3)14)12(16)15-11-6-4-5-10(13)8(11)2/h4-7,9H,14H2,1-3H3,(H,15,16). The van der Waals surface area contributed by atoms with Crippen molar-refractivity contribution in [3.8, 4) is 0 Å². The van der Waals surface area contributed by atoms with Gasteiger partial charge in [-0.1, -0.05) is 24.6 Å². The Balaban J connectivity index is 2.81. The molecule has 4 heteroatoms. The molecule has 88 valence electrons. The smallest absolute Gasteiger partial charge is 0.228 e. The van der Waals surface area contributed by atoms with E-state index >= 15 is 0 Å². The van der Waals surface area contributed by atoms with E-state index in [1.54, 1.807) is 13.0 Å². The number of anilines is 1. The summed E-state index contributed by atoms with van der Waals surface area (Å²) in [5, 5.41) is 3.47. The molecule has 0 spiro atoms. The Bertz CT molecular complexity index is 391. The maximum absolute atomic E-state index is 11.8. The zero-order valence-corrected chi connectivity index (χ0v) is 10.5. The van der Waals surface area contributed by atoms with E-state index in [0.29, 0.717) is 5.02 Å². The molecule has 0 aromatic heterocycles. The minimum atomic E-state index is -0.224. The largest absolute Gasteiger partial charge is 0.327 e. The fourth-order valence-electron chi connectivity index (χ4n) is 1.23. The van der Waals surface area contributed by atoms with Crippen molar-refractivity contribution in [1.29, 1.82) is 0 Å². The van der Waals surface area contributed by atoms with Crippen LogP contribution in [0.5, 0.6) is 0 Å². The van der Waals surface area contributed by atoms with E-state index in [0.717, 1.165) is 11.3 Å². The van der Waals surface area contributed by atoms with Gasteiger partial charge < -0.3 is 11.1 Å². The first-order valence-corrected chi connectivity index (χ1v) is 5.63. The molecule has 16 heavy (non-hydrogen) atoms. The molecule has 0 aliphatic rings. The van der Waals surface area contributed by atoms with Crippen LogP contribution in [0.25, 0.3) is 0 Å². The van der Waals surface area contributed by atoms with Gasteiger partial charge in [-0.15, -0.1) is 0 Å². The molecule has 2 unspecified atom stereocenters. The molecule has 1 rings (SSSR count). The second-order valence-electron chi connectivity index (χ2n) is 4.05. The first-order valence-electron chi connectivity index (χ1n) is 5.25. The van der Waals surface area contributed by atoms with Gasteiger partial charge in [-0.25, -0.2) is 0 Å². The van der Waals surface area contributed by atoms with Crippen molar-refractivity contribution in [3.05, 3.63) is 28.8 Å². The summed E-state index contributed by atoms with van der Waals surface area (Å²) < 4.78 is 0. The Morgan fingerprint density at radius 2 is 2.06 bits per heavy atom. The van der Waals surface area contributed by atoms with Crippen molar-refractivity contribution in [3.63, 3.8) is 0 Å². The lowest BCUT2D eigenvalue weighted by Gasteiger charge is -2.16. The number of amides is 1. The summed E-state index contributed by atoms with van der Waals surface area (Å²) in [6, 6.07) is 5.26. The molecule has 2 atom stereocenters. The van der Waals surface area contributed by atoms with Gasteiger partial charge in [-0.05, 0) is 31.5 Å². The highest BCUT2D eigenvalue weighted by molar-refractivity contribution is 6.31. The summed E-state index contributed by atoms with van der Waals surface area (Å²) in [6.45, 7) is 5.49. The average Bonchev–Trinajstić information content (AvgIpc) is 2.23. The predicted octanol–water partition coefficient (Wildman–Crippen LogP) is 2.57. The number of halogens is 1. The SMILES string of the molecule is Cc1c(Cl)cccc1NC(=O)C(C)C(C)N. The molecule has 0 bridgehead atoms. The van der Waals surface area contributed by atoms with Crippen molar-refractivity contribution in [1.82, 2.24) is 0 Å². The maximum Gasteiger partial charge on any atom is 0.228 e. The lowest BCUT2D eigenvalue weighted by Crippen LogP contribution is -2.34. The number of hydrogen-bond acceptors (Lipinski definition) is 2. The number of carbonyl (C=O) groups excluding carboxylic acids is 1. The molecule has 0 aliphatic heterocycles. The summed E-state index contributed by atoms with van der Waals surface area (Å²) in [5.41, 5.74) is 7.28. The number of carbonyl (C=O) groups is 1. The number of rotatable bonds is 3. The van der Waals surface area contributed by atoms with Gasteiger partial charge in [0.1, 0.15) is 0 Å². The molecule has 0 fully saturated rings. The second-order valence-corrected chi connectivity index (χ2v) is 4.46. The Morgan fingerprint density at radius 3 is 2.62 bits per heavy atom. The van der Waals surface area contributed by atoms with Crippen LogP contribution >= 0.6 is 11.6 Å². The van der Waals surface area contributed by atoms with Crippen LogP contribution in [0.2, 0.25) is 5.02 Å². The number of benzene rings is 1. The molecule has 3 N–H and O–H groups in total. The third-order valence-electron chi connectivity index (χ3n) is 2.73. The van der Waals surface area contributed by atoms with Gasteiger partial charge in [0.25, 0.3) is 0 Å². The Kier molecular flexibility index (Phi) is 4.33. The van der Waals surface area contributed by atoms with Crippen molar-refractivity contribution >= 4 is 23.2 Å². The van der Waals surface area contributed by atoms with E-state index < -0.39 is 0 Å². The highest BCUT2D eigenvalue weighted by atomic mass is 35.5. The summed E-state index contributed by atoms with van der Waals surface area (Å²) >= 11 is 5.96. The predicted molar refractivity (Wildman–Crippen MR) is 67.6 cm³/mol. The fraction of sp³-hybridized carbons (Fsp3) is 0.417. The van der Waals surface area contributed by atoms with Crippen LogP contribution in [-0.4, -0.2) is 11.9 Å². The van der Waals surface area contributed by atoms with Crippen LogP contribution in [-0.2, 0) is 4.79 Å².